The Bertz CT molecular complexity index is 1060. The molecule has 8 nitrogen and oxygen atoms in total. The highest BCUT2D eigenvalue weighted by Gasteiger charge is 2.35. The third-order valence-electron chi connectivity index (χ3n) is 5.68. The van der Waals surface area contributed by atoms with Crippen LogP contribution in [-0.4, -0.2) is 40.1 Å². The van der Waals surface area contributed by atoms with Gasteiger partial charge in [0.2, 0.25) is 5.91 Å². The molecule has 4 rings (SSSR count). The number of hydrogen-bond donors (Lipinski definition) is 3. The number of benzene rings is 2. The summed E-state index contributed by atoms with van der Waals surface area (Å²) in [6.45, 7) is 1.57. The van der Waals surface area contributed by atoms with E-state index in [1.54, 1.807) is 28.9 Å². The quantitative estimate of drug-likeness (QED) is 0.529. The number of nitrogens with one attached hydrogen (secondary N) is 3. The first kappa shape index (κ1) is 21.7. The van der Waals surface area contributed by atoms with Crippen LogP contribution in [0.15, 0.2) is 66.9 Å². The number of carbonyl (C=O) groups excluding carboxylic acids is 2. The monoisotopic (exact) mass is 432 g/mol. The third-order valence-corrected chi connectivity index (χ3v) is 5.68. The zero-order valence-electron chi connectivity index (χ0n) is 18.3. The SMILES string of the molecule is CN(Cc1ccccc1)C(=O)C1CNNC1c1ccc(CNC(=O)c2ccn(C)n2)cc1. The highest BCUT2D eigenvalue weighted by atomic mass is 16.2. The van der Waals surface area contributed by atoms with Crippen LogP contribution in [0.25, 0.3) is 0 Å². The molecule has 0 bridgehead atoms. The minimum atomic E-state index is -0.205. The van der Waals surface area contributed by atoms with Gasteiger partial charge in [0.05, 0.1) is 12.0 Å². The van der Waals surface area contributed by atoms with E-state index in [1.807, 2.05) is 61.6 Å². The van der Waals surface area contributed by atoms with Gasteiger partial charge in [0, 0.05) is 39.9 Å². The van der Waals surface area contributed by atoms with Gasteiger partial charge in [0.15, 0.2) is 0 Å². The maximum atomic E-state index is 13.1. The van der Waals surface area contributed by atoms with E-state index in [-0.39, 0.29) is 23.8 Å². The van der Waals surface area contributed by atoms with Crippen LogP contribution >= 0.6 is 0 Å². The smallest absolute Gasteiger partial charge is 0.272 e. The Hall–Kier alpha value is -3.49. The van der Waals surface area contributed by atoms with Crippen molar-refractivity contribution in [2.75, 3.05) is 13.6 Å². The van der Waals surface area contributed by atoms with Crippen LogP contribution in [0.1, 0.15) is 33.2 Å². The number of hydrogen-bond acceptors (Lipinski definition) is 5. The maximum Gasteiger partial charge on any atom is 0.272 e. The second-order valence-electron chi connectivity index (χ2n) is 8.09. The van der Waals surface area contributed by atoms with Crippen molar-refractivity contribution in [1.82, 2.24) is 30.8 Å². The molecule has 1 fully saturated rings. The van der Waals surface area contributed by atoms with Crippen molar-refractivity contribution in [3.8, 4) is 0 Å². The average Bonchev–Trinajstić information content (AvgIpc) is 3.47. The van der Waals surface area contributed by atoms with E-state index in [1.165, 1.54) is 0 Å². The van der Waals surface area contributed by atoms with E-state index < -0.39 is 0 Å². The highest BCUT2D eigenvalue weighted by Crippen LogP contribution is 2.27. The highest BCUT2D eigenvalue weighted by molar-refractivity contribution is 5.92. The maximum absolute atomic E-state index is 13.1. The van der Waals surface area contributed by atoms with Gasteiger partial charge in [0.1, 0.15) is 5.69 Å². The van der Waals surface area contributed by atoms with Crippen molar-refractivity contribution < 1.29 is 9.59 Å². The van der Waals surface area contributed by atoms with Crippen molar-refractivity contribution >= 4 is 11.8 Å². The number of nitrogens with zero attached hydrogens (tertiary/aromatic N) is 3. The van der Waals surface area contributed by atoms with Crippen LogP contribution < -0.4 is 16.2 Å². The molecule has 3 aromatic rings. The summed E-state index contributed by atoms with van der Waals surface area (Å²) in [5.74, 6) is -0.301. The Morgan fingerprint density at radius 3 is 2.53 bits per heavy atom. The Kier molecular flexibility index (Phi) is 6.63. The van der Waals surface area contributed by atoms with E-state index in [0.717, 1.165) is 16.7 Å². The van der Waals surface area contributed by atoms with Gasteiger partial charge < -0.3 is 10.2 Å². The first-order valence-corrected chi connectivity index (χ1v) is 10.7. The zero-order chi connectivity index (χ0) is 22.5. The van der Waals surface area contributed by atoms with Gasteiger partial charge in [-0.15, -0.1) is 0 Å². The molecule has 2 aromatic carbocycles. The minimum absolute atomic E-state index is 0.100. The molecular formula is C24H28N6O2. The Morgan fingerprint density at radius 1 is 1.09 bits per heavy atom. The number of carbonyl (C=O) groups is 2. The molecule has 2 amide bonds. The number of rotatable bonds is 7. The van der Waals surface area contributed by atoms with E-state index >= 15 is 0 Å². The van der Waals surface area contributed by atoms with Crippen LogP contribution in [0.3, 0.4) is 0 Å². The molecule has 0 saturated carbocycles. The molecule has 2 atom stereocenters. The molecule has 32 heavy (non-hydrogen) atoms. The number of aryl methyl sites for hydroxylation is 1. The predicted octanol–water partition coefficient (Wildman–Crippen LogP) is 1.77. The molecule has 1 saturated heterocycles. The van der Waals surface area contributed by atoms with Crippen LogP contribution in [0.2, 0.25) is 0 Å². The lowest BCUT2D eigenvalue weighted by Gasteiger charge is -2.24. The predicted molar refractivity (Wildman–Crippen MR) is 121 cm³/mol. The van der Waals surface area contributed by atoms with Gasteiger partial charge in [-0.1, -0.05) is 54.6 Å². The molecule has 2 unspecified atom stereocenters. The molecular weight excluding hydrogens is 404 g/mol. The minimum Gasteiger partial charge on any atom is -0.347 e. The van der Waals surface area contributed by atoms with Gasteiger partial charge in [-0.2, -0.15) is 5.10 Å². The van der Waals surface area contributed by atoms with E-state index in [2.05, 4.69) is 21.3 Å². The van der Waals surface area contributed by atoms with Crippen molar-refractivity contribution in [1.29, 1.82) is 0 Å². The van der Waals surface area contributed by atoms with Crippen molar-refractivity contribution in [3.63, 3.8) is 0 Å². The molecule has 1 aromatic heterocycles. The van der Waals surface area contributed by atoms with E-state index in [4.69, 9.17) is 0 Å². The molecule has 1 aliphatic rings. The summed E-state index contributed by atoms with van der Waals surface area (Å²) >= 11 is 0. The lowest BCUT2D eigenvalue weighted by atomic mass is 9.93. The first-order chi connectivity index (χ1) is 15.5. The van der Waals surface area contributed by atoms with Crippen LogP contribution in [0, 0.1) is 5.92 Å². The summed E-state index contributed by atoms with van der Waals surface area (Å²) < 4.78 is 1.60. The van der Waals surface area contributed by atoms with Crippen molar-refractivity contribution in [2.45, 2.75) is 19.1 Å². The normalized spacial score (nSPS) is 17.8. The number of amides is 2. The zero-order valence-corrected chi connectivity index (χ0v) is 18.3. The molecule has 0 radical (unpaired) electrons. The van der Waals surface area contributed by atoms with Crippen LogP contribution in [-0.2, 0) is 24.9 Å². The Morgan fingerprint density at radius 2 is 1.84 bits per heavy atom. The fourth-order valence-corrected chi connectivity index (χ4v) is 3.91. The summed E-state index contributed by atoms with van der Waals surface area (Å²) in [7, 11) is 3.62. The second-order valence-corrected chi connectivity index (χ2v) is 8.09. The molecule has 8 heteroatoms. The first-order valence-electron chi connectivity index (χ1n) is 10.7. The lowest BCUT2D eigenvalue weighted by Crippen LogP contribution is -2.36. The summed E-state index contributed by atoms with van der Waals surface area (Å²) in [5, 5.41) is 6.99. The fraction of sp³-hybridized carbons (Fsp3) is 0.292. The average molecular weight is 433 g/mol. The topological polar surface area (TPSA) is 91.3 Å². The van der Waals surface area contributed by atoms with Crippen LogP contribution in [0.4, 0.5) is 0 Å². The van der Waals surface area contributed by atoms with Gasteiger partial charge in [-0.3, -0.25) is 19.7 Å². The summed E-state index contributed by atoms with van der Waals surface area (Å²) in [4.78, 5) is 27.1. The molecule has 2 heterocycles. The summed E-state index contributed by atoms with van der Waals surface area (Å²) in [5.41, 5.74) is 9.88. The summed E-state index contributed by atoms with van der Waals surface area (Å²) in [6, 6.07) is 19.5. The molecule has 3 N–H and O–H groups in total. The molecule has 0 aliphatic carbocycles. The van der Waals surface area contributed by atoms with E-state index in [0.29, 0.717) is 25.3 Å². The fourth-order valence-electron chi connectivity index (χ4n) is 3.91. The third kappa shape index (κ3) is 5.04. The van der Waals surface area contributed by atoms with Crippen molar-refractivity contribution in [2.24, 2.45) is 13.0 Å². The van der Waals surface area contributed by atoms with Gasteiger partial charge in [0.25, 0.3) is 5.91 Å². The molecule has 0 spiro atoms. The van der Waals surface area contributed by atoms with Gasteiger partial charge in [-0.25, -0.2) is 5.43 Å². The lowest BCUT2D eigenvalue weighted by molar-refractivity contribution is -0.134. The van der Waals surface area contributed by atoms with E-state index in [9.17, 15) is 9.59 Å². The van der Waals surface area contributed by atoms with Crippen molar-refractivity contribution in [3.05, 3.63) is 89.2 Å². The van der Waals surface area contributed by atoms with Gasteiger partial charge in [-0.05, 0) is 22.8 Å². The standard InChI is InChI=1S/C24H28N6O2/c1-29(16-18-6-4-3-5-7-18)24(32)20-15-26-27-22(20)19-10-8-17(9-11-19)14-25-23(31)21-12-13-30(2)28-21/h3-13,20,22,26-27H,14-16H2,1-2H3,(H,25,31). The summed E-state index contributed by atoms with van der Waals surface area (Å²) in [6.07, 6.45) is 1.74. The molecule has 166 valence electrons. The number of aromatic nitrogens is 2. The second kappa shape index (κ2) is 9.76. The Labute approximate surface area is 187 Å². The van der Waals surface area contributed by atoms with Crippen LogP contribution in [0.5, 0.6) is 0 Å². The number of hydrazine groups is 1. The molecule has 1 aliphatic heterocycles. The largest absolute Gasteiger partial charge is 0.347 e. The van der Waals surface area contributed by atoms with Gasteiger partial charge >= 0.3 is 0 Å². The Balaban J connectivity index is 1.36.